The Bertz CT molecular complexity index is 365. The van der Waals surface area contributed by atoms with Gasteiger partial charge in [-0.2, -0.15) is 0 Å². The molecule has 1 aromatic carbocycles. The minimum Gasteiger partial charge on any atom is -0.323 e. The number of nitrogens with two attached hydrogens (primary N) is 1. The van der Waals surface area contributed by atoms with Gasteiger partial charge in [-0.3, -0.25) is 4.90 Å². The summed E-state index contributed by atoms with van der Waals surface area (Å²) < 4.78 is 12.9. The summed E-state index contributed by atoms with van der Waals surface area (Å²) in [7, 11) is 4.21. The van der Waals surface area contributed by atoms with Crippen LogP contribution in [0.25, 0.3) is 0 Å². The molecule has 0 radical (unpaired) electrons. The standard InChI is InChI=1S/C13H20FN3/c1-16-7-8-17(2)12(9-16)13(15)10-3-5-11(14)6-4-10/h3-6,12-13H,7-9,15H2,1-2H3. The number of rotatable bonds is 2. The second-order valence-electron chi connectivity index (χ2n) is 4.89. The Hall–Kier alpha value is -0.970. The summed E-state index contributed by atoms with van der Waals surface area (Å²) in [6.07, 6.45) is 0. The Morgan fingerprint density at radius 2 is 1.88 bits per heavy atom. The third-order valence-corrected chi connectivity index (χ3v) is 3.57. The van der Waals surface area contributed by atoms with Gasteiger partial charge < -0.3 is 10.6 Å². The van der Waals surface area contributed by atoms with Gasteiger partial charge in [-0.05, 0) is 31.8 Å². The van der Waals surface area contributed by atoms with Gasteiger partial charge in [0.25, 0.3) is 0 Å². The number of benzene rings is 1. The van der Waals surface area contributed by atoms with Crippen LogP contribution in [0.2, 0.25) is 0 Å². The maximum absolute atomic E-state index is 12.9. The van der Waals surface area contributed by atoms with Gasteiger partial charge in [0.2, 0.25) is 0 Å². The second-order valence-corrected chi connectivity index (χ2v) is 4.89. The van der Waals surface area contributed by atoms with E-state index in [0.29, 0.717) is 6.04 Å². The first-order chi connectivity index (χ1) is 8.08. The fourth-order valence-electron chi connectivity index (χ4n) is 2.34. The molecular weight excluding hydrogens is 217 g/mol. The van der Waals surface area contributed by atoms with Crippen molar-refractivity contribution >= 4 is 0 Å². The van der Waals surface area contributed by atoms with Crippen LogP contribution in [-0.2, 0) is 0 Å². The van der Waals surface area contributed by atoms with Crippen molar-refractivity contribution in [3.8, 4) is 0 Å². The Balaban J connectivity index is 2.12. The van der Waals surface area contributed by atoms with Crippen LogP contribution in [0.1, 0.15) is 11.6 Å². The fourth-order valence-corrected chi connectivity index (χ4v) is 2.34. The summed E-state index contributed by atoms with van der Waals surface area (Å²) in [6.45, 7) is 3.05. The molecule has 0 amide bonds. The molecule has 2 N–H and O–H groups in total. The van der Waals surface area contributed by atoms with Gasteiger partial charge >= 0.3 is 0 Å². The fraction of sp³-hybridized carbons (Fsp3) is 0.538. The first kappa shape index (κ1) is 12.5. The Morgan fingerprint density at radius 1 is 1.24 bits per heavy atom. The summed E-state index contributed by atoms with van der Waals surface area (Å²) in [5.41, 5.74) is 7.28. The van der Waals surface area contributed by atoms with E-state index in [1.54, 1.807) is 12.1 Å². The number of likely N-dealkylation sites (N-methyl/N-ethyl adjacent to an activating group) is 2. The molecule has 0 bridgehead atoms. The molecular formula is C13H20FN3. The van der Waals surface area contributed by atoms with Crippen molar-refractivity contribution < 1.29 is 4.39 Å². The minimum atomic E-state index is -0.213. The molecule has 1 aliphatic rings. The maximum atomic E-state index is 12.9. The molecule has 0 aliphatic carbocycles. The smallest absolute Gasteiger partial charge is 0.123 e. The SMILES string of the molecule is CN1CCN(C)C(C(N)c2ccc(F)cc2)C1. The van der Waals surface area contributed by atoms with Crippen LogP contribution in [-0.4, -0.2) is 49.6 Å². The molecule has 94 valence electrons. The third kappa shape index (κ3) is 2.83. The van der Waals surface area contributed by atoms with Crippen LogP contribution in [0.4, 0.5) is 4.39 Å². The summed E-state index contributed by atoms with van der Waals surface area (Å²) in [5, 5.41) is 0. The normalized spacial score (nSPS) is 24.8. The molecule has 0 spiro atoms. The van der Waals surface area contributed by atoms with Crippen molar-refractivity contribution in [2.45, 2.75) is 12.1 Å². The van der Waals surface area contributed by atoms with Crippen LogP contribution in [0.3, 0.4) is 0 Å². The van der Waals surface area contributed by atoms with Crippen molar-refractivity contribution in [1.29, 1.82) is 0 Å². The van der Waals surface area contributed by atoms with Crippen LogP contribution in [0.5, 0.6) is 0 Å². The average Bonchev–Trinajstić information content (AvgIpc) is 2.32. The van der Waals surface area contributed by atoms with E-state index < -0.39 is 0 Å². The van der Waals surface area contributed by atoms with Crippen molar-refractivity contribution in [3.63, 3.8) is 0 Å². The first-order valence-electron chi connectivity index (χ1n) is 5.98. The molecule has 1 heterocycles. The zero-order chi connectivity index (χ0) is 12.4. The summed E-state index contributed by atoms with van der Waals surface area (Å²) >= 11 is 0. The number of piperazine rings is 1. The minimum absolute atomic E-state index is 0.0663. The lowest BCUT2D eigenvalue weighted by Crippen LogP contribution is -2.54. The Morgan fingerprint density at radius 3 is 2.53 bits per heavy atom. The third-order valence-electron chi connectivity index (χ3n) is 3.57. The first-order valence-corrected chi connectivity index (χ1v) is 5.98. The zero-order valence-corrected chi connectivity index (χ0v) is 10.4. The molecule has 0 aromatic heterocycles. The highest BCUT2D eigenvalue weighted by Gasteiger charge is 2.28. The van der Waals surface area contributed by atoms with Gasteiger partial charge in [-0.15, -0.1) is 0 Å². The second kappa shape index (κ2) is 5.12. The number of nitrogens with zero attached hydrogens (tertiary/aromatic N) is 2. The van der Waals surface area contributed by atoms with E-state index in [2.05, 4.69) is 23.9 Å². The molecule has 4 heteroatoms. The predicted octanol–water partition coefficient (Wildman–Crippen LogP) is 1.07. The molecule has 2 unspecified atom stereocenters. The van der Waals surface area contributed by atoms with Gasteiger partial charge in [0.05, 0.1) is 0 Å². The van der Waals surface area contributed by atoms with Crippen LogP contribution in [0.15, 0.2) is 24.3 Å². The lowest BCUT2D eigenvalue weighted by atomic mass is 9.97. The largest absolute Gasteiger partial charge is 0.323 e. The van der Waals surface area contributed by atoms with E-state index in [-0.39, 0.29) is 11.9 Å². The van der Waals surface area contributed by atoms with Gasteiger partial charge in [-0.25, -0.2) is 4.39 Å². The topological polar surface area (TPSA) is 32.5 Å². The van der Waals surface area contributed by atoms with E-state index in [9.17, 15) is 4.39 Å². The highest BCUT2D eigenvalue weighted by molar-refractivity contribution is 5.21. The van der Waals surface area contributed by atoms with Crippen molar-refractivity contribution in [1.82, 2.24) is 9.80 Å². The highest BCUT2D eigenvalue weighted by Crippen LogP contribution is 2.21. The van der Waals surface area contributed by atoms with Gasteiger partial charge in [0.1, 0.15) is 5.82 Å². The molecule has 2 atom stereocenters. The van der Waals surface area contributed by atoms with E-state index in [1.807, 2.05) is 0 Å². The molecule has 2 rings (SSSR count). The molecule has 0 saturated carbocycles. The molecule has 3 nitrogen and oxygen atoms in total. The molecule has 1 saturated heterocycles. The van der Waals surface area contributed by atoms with Crippen molar-refractivity contribution in [2.24, 2.45) is 5.73 Å². The van der Waals surface area contributed by atoms with Crippen LogP contribution in [0, 0.1) is 5.82 Å². The van der Waals surface area contributed by atoms with Crippen LogP contribution < -0.4 is 5.73 Å². The predicted molar refractivity (Wildman–Crippen MR) is 67.2 cm³/mol. The highest BCUT2D eigenvalue weighted by atomic mass is 19.1. The van der Waals surface area contributed by atoms with E-state index in [1.165, 1.54) is 12.1 Å². The lowest BCUT2D eigenvalue weighted by molar-refractivity contribution is 0.0974. The maximum Gasteiger partial charge on any atom is 0.123 e. The van der Waals surface area contributed by atoms with Gasteiger partial charge in [-0.1, -0.05) is 12.1 Å². The number of hydrogen-bond acceptors (Lipinski definition) is 3. The molecule has 1 aromatic rings. The van der Waals surface area contributed by atoms with Crippen molar-refractivity contribution in [3.05, 3.63) is 35.6 Å². The van der Waals surface area contributed by atoms with E-state index in [4.69, 9.17) is 5.73 Å². The number of hydrogen-bond donors (Lipinski definition) is 1. The van der Waals surface area contributed by atoms with Crippen molar-refractivity contribution in [2.75, 3.05) is 33.7 Å². The quantitative estimate of drug-likeness (QED) is 0.835. The van der Waals surface area contributed by atoms with Gasteiger partial charge in [0.15, 0.2) is 0 Å². The number of halogens is 1. The van der Waals surface area contributed by atoms with Gasteiger partial charge in [0, 0.05) is 31.7 Å². The molecule has 17 heavy (non-hydrogen) atoms. The summed E-state index contributed by atoms with van der Waals surface area (Å²) in [5.74, 6) is -0.213. The summed E-state index contributed by atoms with van der Waals surface area (Å²) in [4.78, 5) is 4.57. The van der Waals surface area contributed by atoms with Crippen LogP contribution >= 0.6 is 0 Å². The van der Waals surface area contributed by atoms with E-state index in [0.717, 1.165) is 25.2 Å². The summed E-state index contributed by atoms with van der Waals surface area (Å²) in [6, 6.07) is 6.73. The van der Waals surface area contributed by atoms with E-state index >= 15 is 0 Å². The Labute approximate surface area is 102 Å². The zero-order valence-electron chi connectivity index (χ0n) is 10.4. The molecule has 1 fully saturated rings. The lowest BCUT2D eigenvalue weighted by Gasteiger charge is -2.40. The monoisotopic (exact) mass is 237 g/mol. The average molecular weight is 237 g/mol. The Kier molecular flexibility index (Phi) is 3.76. The molecule has 1 aliphatic heterocycles.